The van der Waals surface area contributed by atoms with Crippen LogP contribution >= 0.6 is 0 Å². The van der Waals surface area contributed by atoms with Crippen molar-refractivity contribution in [1.29, 1.82) is 0 Å². The lowest BCUT2D eigenvalue weighted by atomic mass is 9.79. The number of benzene rings is 1. The molecule has 3 rings (SSSR count). The van der Waals surface area contributed by atoms with E-state index < -0.39 is 28.3 Å². The third-order valence-corrected chi connectivity index (χ3v) is 6.79. The highest BCUT2D eigenvalue weighted by Crippen LogP contribution is 2.29. The second-order valence-electron chi connectivity index (χ2n) is 9.43. The van der Waals surface area contributed by atoms with Gasteiger partial charge in [-0.15, -0.1) is 0 Å². The summed E-state index contributed by atoms with van der Waals surface area (Å²) in [7, 11) is -4.29. The van der Waals surface area contributed by atoms with E-state index in [9.17, 15) is 13.2 Å². The molecule has 1 N–H and O–H groups in total. The Morgan fingerprint density at radius 3 is 2.29 bits per heavy atom. The quantitative estimate of drug-likeness (QED) is 0.709. The number of piperidine rings is 1. The van der Waals surface area contributed by atoms with E-state index in [-0.39, 0.29) is 17.0 Å². The fourth-order valence-electron chi connectivity index (χ4n) is 3.36. The predicted octanol–water partition coefficient (Wildman–Crippen LogP) is 2.40. The summed E-state index contributed by atoms with van der Waals surface area (Å²) in [6, 6.07) is 6.19. The zero-order valence-electron chi connectivity index (χ0n) is 18.8. The van der Waals surface area contributed by atoms with Crippen LogP contribution in [0.25, 0.3) is 0 Å². The molecule has 2 heterocycles. The molecule has 0 bridgehead atoms. The average Bonchev–Trinajstić information content (AvgIpc) is 2.93. The first kappa shape index (κ1) is 23.6. The summed E-state index contributed by atoms with van der Waals surface area (Å²) in [5.41, 5.74) is -0.430. The molecule has 1 aromatic rings. The van der Waals surface area contributed by atoms with Crippen molar-refractivity contribution in [2.75, 3.05) is 13.1 Å². The van der Waals surface area contributed by atoms with Crippen LogP contribution in [0.15, 0.2) is 41.5 Å². The lowest BCUT2D eigenvalue weighted by Crippen LogP contribution is -2.47. The van der Waals surface area contributed by atoms with Gasteiger partial charge in [0.1, 0.15) is 11.2 Å². The van der Waals surface area contributed by atoms with Crippen molar-refractivity contribution in [2.24, 2.45) is 0 Å². The van der Waals surface area contributed by atoms with Crippen LogP contribution in [0, 0.1) is 0 Å². The minimum Gasteiger partial charge on any atom is -0.534 e. The molecule has 0 atom stereocenters. The number of nitrogens with one attached hydrogen (secondary N) is 1. The van der Waals surface area contributed by atoms with Crippen molar-refractivity contribution in [3.63, 3.8) is 0 Å². The number of hydrogen-bond acceptors (Lipinski definition) is 6. The molecule has 170 valence electrons. The van der Waals surface area contributed by atoms with Crippen LogP contribution < -0.4 is 10.2 Å². The van der Waals surface area contributed by atoms with E-state index in [4.69, 9.17) is 14.0 Å². The minimum atomic E-state index is -3.68. The Labute approximate surface area is 185 Å². The molecule has 31 heavy (non-hydrogen) atoms. The lowest BCUT2D eigenvalue weighted by Gasteiger charge is -2.33. The van der Waals surface area contributed by atoms with Gasteiger partial charge in [0.15, 0.2) is 0 Å². The van der Waals surface area contributed by atoms with Gasteiger partial charge in [0, 0.05) is 19.1 Å². The van der Waals surface area contributed by atoms with E-state index in [1.165, 1.54) is 12.1 Å². The molecular formula is C21H31BN2O6S. The van der Waals surface area contributed by atoms with Crippen LogP contribution in [0.5, 0.6) is 0 Å². The summed E-state index contributed by atoms with van der Waals surface area (Å²) in [5.74, 6) is 0.536. The second kappa shape index (κ2) is 8.48. The lowest BCUT2D eigenvalue weighted by molar-refractivity contribution is 0.0203. The van der Waals surface area contributed by atoms with E-state index in [0.29, 0.717) is 31.7 Å². The summed E-state index contributed by atoms with van der Waals surface area (Å²) in [6.45, 7) is 13.9. The number of carbonyl (C=O) groups is 1. The van der Waals surface area contributed by atoms with E-state index >= 15 is 0 Å². The molecule has 0 aliphatic carbocycles. The number of ether oxygens (including phenoxy) is 1. The SMILES string of the molecule is C=C1OB(c2ccc(S(=O)(=O)NC3CCN(C(=O)OC(C)(C)C)CC3)cc2)OC1(C)C. The van der Waals surface area contributed by atoms with Crippen molar-refractivity contribution >= 4 is 28.7 Å². The number of rotatable bonds is 4. The molecule has 2 saturated heterocycles. The van der Waals surface area contributed by atoms with E-state index in [1.807, 2.05) is 34.6 Å². The highest BCUT2D eigenvalue weighted by molar-refractivity contribution is 7.89. The second-order valence-corrected chi connectivity index (χ2v) is 11.1. The first-order valence-electron chi connectivity index (χ1n) is 10.4. The maximum Gasteiger partial charge on any atom is 0.563 e. The first-order valence-corrected chi connectivity index (χ1v) is 11.9. The largest absolute Gasteiger partial charge is 0.563 e. The molecule has 1 aromatic carbocycles. The molecule has 2 aliphatic heterocycles. The monoisotopic (exact) mass is 450 g/mol. The van der Waals surface area contributed by atoms with Crippen LogP contribution in [0.3, 0.4) is 0 Å². The molecular weight excluding hydrogens is 419 g/mol. The highest BCUT2D eigenvalue weighted by Gasteiger charge is 2.42. The van der Waals surface area contributed by atoms with Gasteiger partial charge in [-0.3, -0.25) is 0 Å². The number of nitrogens with zero attached hydrogens (tertiary/aromatic N) is 1. The van der Waals surface area contributed by atoms with Crippen LogP contribution in [-0.4, -0.2) is 56.9 Å². The number of likely N-dealkylation sites (tertiary alicyclic amines) is 1. The van der Waals surface area contributed by atoms with Gasteiger partial charge in [0.2, 0.25) is 10.0 Å². The van der Waals surface area contributed by atoms with Crippen LogP contribution in [0.4, 0.5) is 4.79 Å². The summed E-state index contributed by atoms with van der Waals surface area (Å²) in [5, 5.41) is 0. The maximum absolute atomic E-state index is 12.8. The van der Waals surface area contributed by atoms with Gasteiger partial charge in [-0.1, -0.05) is 18.7 Å². The molecule has 1 amide bonds. The summed E-state index contributed by atoms with van der Waals surface area (Å²) >= 11 is 0. The van der Waals surface area contributed by atoms with Crippen molar-refractivity contribution in [1.82, 2.24) is 9.62 Å². The Bertz CT molecular complexity index is 932. The Hall–Kier alpha value is -2.04. The van der Waals surface area contributed by atoms with Gasteiger partial charge in [-0.2, -0.15) is 0 Å². The predicted molar refractivity (Wildman–Crippen MR) is 118 cm³/mol. The maximum atomic E-state index is 12.8. The highest BCUT2D eigenvalue weighted by atomic mass is 32.2. The van der Waals surface area contributed by atoms with Gasteiger partial charge >= 0.3 is 13.2 Å². The van der Waals surface area contributed by atoms with Crippen LogP contribution in [0.1, 0.15) is 47.5 Å². The van der Waals surface area contributed by atoms with Crippen molar-refractivity contribution < 1.29 is 27.3 Å². The first-order chi connectivity index (χ1) is 14.3. The smallest absolute Gasteiger partial charge is 0.534 e. The van der Waals surface area contributed by atoms with E-state index in [0.717, 1.165) is 5.46 Å². The summed E-state index contributed by atoms with van der Waals surface area (Å²) < 4.78 is 45.2. The molecule has 2 aliphatic rings. The Kier molecular flexibility index (Phi) is 6.46. The van der Waals surface area contributed by atoms with Gasteiger partial charge in [-0.05, 0) is 65.1 Å². The van der Waals surface area contributed by atoms with E-state index in [1.54, 1.807) is 17.0 Å². The third-order valence-electron chi connectivity index (χ3n) is 5.25. The van der Waals surface area contributed by atoms with Gasteiger partial charge in [0.05, 0.1) is 10.7 Å². The normalized spacial score (nSPS) is 20.0. The Morgan fingerprint density at radius 2 is 1.81 bits per heavy atom. The van der Waals surface area contributed by atoms with Crippen molar-refractivity contribution in [3.05, 3.63) is 36.6 Å². The molecule has 0 saturated carbocycles. The van der Waals surface area contributed by atoms with Crippen molar-refractivity contribution in [3.8, 4) is 0 Å². The third kappa shape index (κ3) is 5.81. The minimum absolute atomic E-state index is 0.168. The topological polar surface area (TPSA) is 94.2 Å². The fourth-order valence-corrected chi connectivity index (χ4v) is 4.67. The average molecular weight is 450 g/mol. The Morgan fingerprint density at radius 1 is 1.23 bits per heavy atom. The zero-order valence-corrected chi connectivity index (χ0v) is 19.6. The molecule has 8 nitrogen and oxygen atoms in total. The number of hydrogen-bond donors (Lipinski definition) is 1. The Balaban J connectivity index is 1.57. The molecule has 0 spiro atoms. The standard InChI is InChI=1S/C21H31BN2O6S/c1-15-21(5,6)30-22(29-15)16-7-9-18(10-8-16)31(26,27)23-17-11-13-24(14-12-17)19(25)28-20(2,3)4/h7-10,17,23H,1,11-14H2,2-6H3. The van der Waals surface area contributed by atoms with Crippen molar-refractivity contribution in [2.45, 2.75) is 69.6 Å². The van der Waals surface area contributed by atoms with E-state index in [2.05, 4.69) is 11.3 Å². The van der Waals surface area contributed by atoms with Gasteiger partial charge in [-0.25, -0.2) is 17.9 Å². The molecule has 0 radical (unpaired) electrons. The number of carbonyl (C=O) groups excluding carboxylic acids is 1. The van der Waals surface area contributed by atoms with Crippen LogP contribution in [-0.2, 0) is 24.1 Å². The number of amides is 1. The summed E-state index contributed by atoms with van der Waals surface area (Å²) in [6.07, 6.45) is 0.682. The fraction of sp³-hybridized carbons (Fsp3) is 0.571. The molecule has 0 unspecified atom stereocenters. The molecule has 10 heteroatoms. The van der Waals surface area contributed by atoms with Gasteiger partial charge < -0.3 is 18.9 Å². The number of sulfonamides is 1. The zero-order chi connectivity index (χ0) is 23.0. The van der Waals surface area contributed by atoms with Gasteiger partial charge in [0.25, 0.3) is 0 Å². The molecule has 0 aromatic heterocycles. The molecule has 2 fully saturated rings. The van der Waals surface area contributed by atoms with Crippen LogP contribution in [0.2, 0.25) is 0 Å². The summed E-state index contributed by atoms with van der Waals surface area (Å²) in [4.78, 5) is 13.9.